The molecule has 0 unspecified atom stereocenters. The van der Waals surface area contributed by atoms with E-state index in [0.29, 0.717) is 26.4 Å². The SMILES string of the molecule is CCCN(Cc1sccc1OC)Cc1sccc1OCCOCCOc1ccsc1CN(CCC)Cc1sccc1OC. The molecule has 4 heterocycles. The van der Waals surface area contributed by atoms with Crippen molar-refractivity contribution in [1.29, 1.82) is 0 Å². The summed E-state index contributed by atoms with van der Waals surface area (Å²) in [5.74, 6) is 3.84. The lowest BCUT2D eigenvalue weighted by molar-refractivity contribution is 0.0758. The Morgan fingerprint density at radius 1 is 0.512 bits per heavy atom. The number of thiophene rings is 4. The van der Waals surface area contributed by atoms with Gasteiger partial charge in [0.2, 0.25) is 0 Å². The van der Waals surface area contributed by atoms with E-state index in [9.17, 15) is 0 Å². The molecule has 4 aromatic rings. The van der Waals surface area contributed by atoms with Crippen molar-refractivity contribution >= 4 is 45.3 Å². The third-order valence-electron chi connectivity index (χ3n) is 6.78. The molecule has 4 aromatic heterocycles. The van der Waals surface area contributed by atoms with E-state index in [1.54, 1.807) is 59.6 Å². The predicted octanol–water partition coefficient (Wildman–Crippen LogP) is 8.25. The minimum atomic E-state index is 0.512. The van der Waals surface area contributed by atoms with Crippen molar-refractivity contribution in [3.63, 3.8) is 0 Å². The molecule has 0 amide bonds. The smallest absolute Gasteiger partial charge is 0.134 e. The van der Waals surface area contributed by atoms with Gasteiger partial charge in [0.15, 0.2) is 0 Å². The normalized spacial score (nSPS) is 11.5. The second-order valence-electron chi connectivity index (χ2n) is 9.97. The van der Waals surface area contributed by atoms with E-state index < -0.39 is 0 Å². The lowest BCUT2D eigenvalue weighted by Gasteiger charge is -2.21. The Kier molecular flexibility index (Phi) is 14.6. The second-order valence-corrected chi connectivity index (χ2v) is 14.0. The van der Waals surface area contributed by atoms with E-state index in [2.05, 4.69) is 57.3 Å². The summed E-state index contributed by atoms with van der Waals surface area (Å²) in [5.41, 5.74) is 0. The van der Waals surface area contributed by atoms with Gasteiger partial charge in [0.05, 0.1) is 46.9 Å². The summed E-state index contributed by atoms with van der Waals surface area (Å²) in [6.07, 6.45) is 2.19. The van der Waals surface area contributed by atoms with Crippen LogP contribution in [-0.4, -0.2) is 63.5 Å². The number of nitrogens with zero attached hydrogens (tertiary/aromatic N) is 2. The maximum Gasteiger partial charge on any atom is 0.134 e. The summed E-state index contributed by atoms with van der Waals surface area (Å²) in [5, 5.41) is 8.39. The van der Waals surface area contributed by atoms with Gasteiger partial charge >= 0.3 is 0 Å². The van der Waals surface area contributed by atoms with Crippen molar-refractivity contribution in [2.45, 2.75) is 52.9 Å². The molecule has 0 aliphatic rings. The number of hydrogen-bond donors (Lipinski definition) is 0. The summed E-state index contributed by atoms with van der Waals surface area (Å²) >= 11 is 6.98. The van der Waals surface area contributed by atoms with Crippen LogP contribution in [0.1, 0.15) is 46.2 Å². The quantitative estimate of drug-likeness (QED) is 0.0785. The zero-order valence-corrected chi connectivity index (χ0v) is 28.9. The monoisotopic (exact) mass is 664 g/mol. The van der Waals surface area contributed by atoms with E-state index in [0.717, 1.165) is 75.1 Å². The van der Waals surface area contributed by atoms with Crippen LogP contribution in [0.3, 0.4) is 0 Å². The molecule has 0 radical (unpaired) electrons. The molecule has 236 valence electrons. The molecule has 0 aliphatic carbocycles. The second kappa shape index (κ2) is 18.6. The van der Waals surface area contributed by atoms with Gasteiger partial charge in [-0.25, -0.2) is 0 Å². The lowest BCUT2D eigenvalue weighted by Crippen LogP contribution is -2.23. The van der Waals surface area contributed by atoms with Gasteiger partial charge in [-0.05, 0) is 71.7 Å². The highest BCUT2D eigenvalue weighted by Crippen LogP contribution is 2.31. The minimum Gasteiger partial charge on any atom is -0.496 e. The molecule has 0 fully saturated rings. The van der Waals surface area contributed by atoms with Crippen molar-refractivity contribution in [3.8, 4) is 23.0 Å². The average Bonchev–Trinajstić information content (AvgIpc) is 3.82. The number of ether oxygens (including phenoxy) is 5. The molecule has 0 aromatic carbocycles. The Morgan fingerprint density at radius 3 is 1.21 bits per heavy atom. The predicted molar refractivity (Wildman–Crippen MR) is 181 cm³/mol. The molecule has 11 heteroatoms. The Morgan fingerprint density at radius 2 is 0.860 bits per heavy atom. The molecule has 0 spiro atoms. The molecule has 0 aliphatic heterocycles. The third-order valence-corrected chi connectivity index (χ3v) is 10.3. The standard InChI is InChI=1S/C32H44N2O5S4/c1-5-11-33(21-29-25(35-3)7-17-40-29)23-31-27(9-19-42-31)38-15-13-37-14-16-39-28-10-20-43-32(28)24-34(12-6-2)22-30-26(36-4)8-18-41-30/h7-10,17-20H,5-6,11-16,21-24H2,1-4H3. The fourth-order valence-electron chi connectivity index (χ4n) is 4.79. The van der Waals surface area contributed by atoms with E-state index in [1.807, 2.05) is 12.1 Å². The summed E-state index contributed by atoms with van der Waals surface area (Å²) < 4.78 is 29.1. The molecular weight excluding hydrogens is 621 g/mol. The maximum atomic E-state index is 6.12. The van der Waals surface area contributed by atoms with Gasteiger partial charge in [0, 0.05) is 26.2 Å². The maximum absolute atomic E-state index is 6.12. The summed E-state index contributed by atoms with van der Waals surface area (Å²) in [4.78, 5) is 9.93. The van der Waals surface area contributed by atoms with E-state index in [-0.39, 0.29) is 0 Å². The van der Waals surface area contributed by atoms with Crippen molar-refractivity contribution in [1.82, 2.24) is 9.80 Å². The molecule has 43 heavy (non-hydrogen) atoms. The topological polar surface area (TPSA) is 52.6 Å². The summed E-state index contributed by atoms with van der Waals surface area (Å²) in [7, 11) is 3.48. The third kappa shape index (κ3) is 10.5. The molecule has 0 atom stereocenters. The lowest BCUT2D eigenvalue weighted by atomic mass is 10.3. The molecule has 0 saturated heterocycles. The zero-order chi connectivity index (χ0) is 30.3. The van der Waals surface area contributed by atoms with Gasteiger partial charge in [0.25, 0.3) is 0 Å². The van der Waals surface area contributed by atoms with Crippen LogP contribution in [-0.2, 0) is 30.9 Å². The van der Waals surface area contributed by atoms with E-state index in [1.165, 1.54) is 19.5 Å². The first-order chi connectivity index (χ1) is 21.1. The fraction of sp³-hybridized carbons (Fsp3) is 0.500. The van der Waals surface area contributed by atoms with Crippen molar-refractivity contribution in [3.05, 3.63) is 65.3 Å². The summed E-state index contributed by atoms with van der Waals surface area (Å²) in [6, 6.07) is 8.21. The molecule has 7 nitrogen and oxygen atoms in total. The van der Waals surface area contributed by atoms with Crippen molar-refractivity contribution in [2.75, 3.05) is 53.7 Å². The number of methoxy groups -OCH3 is 2. The summed E-state index contributed by atoms with van der Waals surface area (Å²) in [6.45, 7) is 12.0. The van der Waals surface area contributed by atoms with Crippen LogP contribution in [0.25, 0.3) is 0 Å². The van der Waals surface area contributed by atoms with Crippen LogP contribution in [0.15, 0.2) is 45.8 Å². The van der Waals surface area contributed by atoms with Crippen molar-refractivity contribution in [2.24, 2.45) is 0 Å². The van der Waals surface area contributed by atoms with E-state index in [4.69, 9.17) is 23.7 Å². The number of rotatable bonds is 22. The first-order valence-corrected chi connectivity index (χ1v) is 18.3. The van der Waals surface area contributed by atoms with Crippen molar-refractivity contribution < 1.29 is 23.7 Å². The van der Waals surface area contributed by atoms with Crippen LogP contribution in [0.2, 0.25) is 0 Å². The van der Waals surface area contributed by atoms with Crippen LogP contribution >= 0.6 is 45.3 Å². The molecular formula is C32H44N2O5S4. The van der Waals surface area contributed by atoms with Gasteiger partial charge in [-0.2, -0.15) is 0 Å². The highest BCUT2D eigenvalue weighted by atomic mass is 32.1. The first kappa shape index (κ1) is 33.8. The minimum absolute atomic E-state index is 0.512. The van der Waals surface area contributed by atoms with Crippen LogP contribution in [0.5, 0.6) is 23.0 Å². The van der Waals surface area contributed by atoms with Gasteiger partial charge < -0.3 is 23.7 Å². The molecule has 4 rings (SSSR count). The molecule has 0 bridgehead atoms. The molecule has 0 N–H and O–H groups in total. The van der Waals surface area contributed by atoms with Crippen LogP contribution in [0, 0.1) is 0 Å². The Balaban J connectivity index is 1.17. The average molecular weight is 665 g/mol. The van der Waals surface area contributed by atoms with Gasteiger partial charge in [0.1, 0.15) is 36.2 Å². The molecule has 0 saturated carbocycles. The van der Waals surface area contributed by atoms with E-state index >= 15 is 0 Å². The fourth-order valence-corrected chi connectivity index (χ4v) is 8.27. The van der Waals surface area contributed by atoms with Gasteiger partial charge in [-0.15, -0.1) is 45.3 Å². The Hall–Kier alpha value is -2.12. The number of hydrogen-bond acceptors (Lipinski definition) is 11. The van der Waals surface area contributed by atoms with Crippen LogP contribution < -0.4 is 18.9 Å². The zero-order valence-electron chi connectivity index (χ0n) is 25.7. The Bertz CT molecular complexity index is 1220. The van der Waals surface area contributed by atoms with Gasteiger partial charge in [-0.3, -0.25) is 9.80 Å². The highest BCUT2D eigenvalue weighted by molar-refractivity contribution is 7.11. The first-order valence-electron chi connectivity index (χ1n) is 14.8. The van der Waals surface area contributed by atoms with Gasteiger partial charge in [-0.1, -0.05) is 13.8 Å². The largest absolute Gasteiger partial charge is 0.496 e. The van der Waals surface area contributed by atoms with Crippen LogP contribution in [0.4, 0.5) is 0 Å². The highest BCUT2D eigenvalue weighted by Gasteiger charge is 2.16. The Labute approximate surface area is 272 Å².